The van der Waals surface area contributed by atoms with Crippen molar-refractivity contribution >= 4 is 28.0 Å². The molecule has 0 spiro atoms. The molecule has 1 unspecified atom stereocenters. The fraction of sp³-hybridized carbons (Fsp3) is 0.467. The number of carbonyl (C=O) groups excluding carboxylic acids is 1. The van der Waals surface area contributed by atoms with Gasteiger partial charge in [0, 0.05) is 4.47 Å². The number of halogens is 1. The molecular weight excluding hydrogens is 338 g/mol. The molecule has 0 saturated carbocycles. The Balaban J connectivity index is 2.92. The third-order valence-corrected chi connectivity index (χ3v) is 3.52. The lowest BCUT2D eigenvalue weighted by molar-refractivity contribution is -0.137. The number of hydrogen-bond acceptors (Lipinski definition) is 3. The van der Waals surface area contributed by atoms with Crippen molar-refractivity contribution in [3.05, 3.63) is 33.8 Å². The van der Waals surface area contributed by atoms with Gasteiger partial charge >= 0.3 is 12.1 Å². The Morgan fingerprint density at radius 3 is 2.48 bits per heavy atom. The molecule has 0 aliphatic rings. The van der Waals surface area contributed by atoms with E-state index >= 15 is 0 Å². The molecule has 2 N–H and O–H groups in total. The highest BCUT2D eigenvalue weighted by molar-refractivity contribution is 9.10. The van der Waals surface area contributed by atoms with E-state index in [2.05, 4.69) is 21.2 Å². The second-order valence-corrected chi connectivity index (χ2v) is 6.66. The maximum absolute atomic E-state index is 11.8. The van der Waals surface area contributed by atoms with Crippen LogP contribution in [-0.4, -0.2) is 22.8 Å². The Morgan fingerprint density at radius 1 is 1.38 bits per heavy atom. The van der Waals surface area contributed by atoms with E-state index in [1.54, 1.807) is 32.9 Å². The summed E-state index contributed by atoms with van der Waals surface area (Å²) in [6, 6.07) is 4.82. The van der Waals surface area contributed by atoms with Crippen molar-refractivity contribution in [2.24, 2.45) is 0 Å². The number of benzene rings is 1. The molecule has 0 bridgehead atoms. The van der Waals surface area contributed by atoms with E-state index in [0.29, 0.717) is 5.56 Å². The van der Waals surface area contributed by atoms with E-state index < -0.39 is 23.7 Å². The van der Waals surface area contributed by atoms with Gasteiger partial charge in [-0.05, 0) is 44.9 Å². The summed E-state index contributed by atoms with van der Waals surface area (Å²) >= 11 is 3.40. The zero-order valence-corrected chi connectivity index (χ0v) is 14.2. The minimum Gasteiger partial charge on any atom is -0.481 e. The van der Waals surface area contributed by atoms with Crippen LogP contribution in [-0.2, 0) is 9.53 Å². The van der Waals surface area contributed by atoms with Gasteiger partial charge in [0.05, 0.1) is 12.5 Å². The fourth-order valence-corrected chi connectivity index (χ4v) is 2.10. The Morgan fingerprint density at radius 2 is 2.00 bits per heavy atom. The number of rotatable bonds is 4. The number of carboxylic acid groups (broad SMARTS) is 1. The average Bonchev–Trinajstić information content (AvgIpc) is 2.28. The maximum atomic E-state index is 11.8. The van der Waals surface area contributed by atoms with Gasteiger partial charge < -0.3 is 15.2 Å². The van der Waals surface area contributed by atoms with Crippen molar-refractivity contribution in [3.63, 3.8) is 0 Å². The molecule has 0 aromatic heterocycles. The monoisotopic (exact) mass is 357 g/mol. The summed E-state index contributed by atoms with van der Waals surface area (Å²) in [7, 11) is 0. The second kappa shape index (κ2) is 6.93. The van der Waals surface area contributed by atoms with Crippen LogP contribution in [0.25, 0.3) is 0 Å². The first-order valence-corrected chi connectivity index (χ1v) is 7.35. The molecule has 116 valence electrons. The summed E-state index contributed by atoms with van der Waals surface area (Å²) in [5.74, 6) is -0.993. The van der Waals surface area contributed by atoms with Gasteiger partial charge in [0.25, 0.3) is 0 Å². The molecule has 6 heteroatoms. The van der Waals surface area contributed by atoms with E-state index in [1.165, 1.54) is 0 Å². The predicted molar refractivity (Wildman–Crippen MR) is 83.2 cm³/mol. The van der Waals surface area contributed by atoms with E-state index in [4.69, 9.17) is 9.84 Å². The molecule has 0 saturated heterocycles. The standard InChI is InChI=1S/C15H20BrNO4/c1-9-5-6-10(7-11(9)16)12(8-13(18)19)17-14(20)21-15(2,3)4/h5-7,12H,8H2,1-4H3,(H,17,20)(H,18,19). The summed E-state index contributed by atoms with van der Waals surface area (Å²) in [4.78, 5) is 22.8. The van der Waals surface area contributed by atoms with Gasteiger partial charge in [-0.25, -0.2) is 4.79 Å². The first-order valence-electron chi connectivity index (χ1n) is 6.56. The number of amides is 1. The van der Waals surface area contributed by atoms with Crippen molar-refractivity contribution < 1.29 is 19.4 Å². The van der Waals surface area contributed by atoms with Gasteiger partial charge in [-0.3, -0.25) is 4.79 Å². The van der Waals surface area contributed by atoms with Crippen LogP contribution in [0.3, 0.4) is 0 Å². The quantitative estimate of drug-likeness (QED) is 0.859. The van der Waals surface area contributed by atoms with Crippen LogP contribution in [0.2, 0.25) is 0 Å². The maximum Gasteiger partial charge on any atom is 0.408 e. The molecule has 0 fully saturated rings. The summed E-state index contributed by atoms with van der Waals surface area (Å²) in [6.07, 6.45) is -0.847. The number of carbonyl (C=O) groups is 2. The van der Waals surface area contributed by atoms with Crippen LogP contribution in [0.15, 0.2) is 22.7 Å². The zero-order valence-electron chi connectivity index (χ0n) is 12.6. The van der Waals surface area contributed by atoms with Crippen molar-refractivity contribution in [1.82, 2.24) is 5.32 Å². The van der Waals surface area contributed by atoms with Crippen LogP contribution in [0.1, 0.15) is 44.4 Å². The lowest BCUT2D eigenvalue weighted by atomic mass is 10.0. The third kappa shape index (κ3) is 6.16. The van der Waals surface area contributed by atoms with E-state index in [0.717, 1.165) is 10.0 Å². The number of carboxylic acids is 1. The summed E-state index contributed by atoms with van der Waals surface area (Å²) in [5.41, 5.74) is 1.11. The summed E-state index contributed by atoms with van der Waals surface area (Å²) in [6.45, 7) is 7.19. The molecule has 1 rings (SSSR count). The number of ether oxygens (including phenoxy) is 1. The van der Waals surface area contributed by atoms with Crippen molar-refractivity contribution in [2.75, 3.05) is 0 Å². The van der Waals surface area contributed by atoms with Crippen molar-refractivity contribution in [1.29, 1.82) is 0 Å². The molecule has 1 aromatic rings. The molecule has 0 aliphatic heterocycles. The van der Waals surface area contributed by atoms with Crippen molar-refractivity contribution in [3.8, 4) is 0 Å². The third-order valence-electron chi connectivity index (χ3n) is 2.67. The predicted octanol–water partition coefficient (Wildman–Crippen LogP) is 3.80. The van der Waals surface area contributed by atoms with Gasteiger partial charge in [0.2, 0.25) is 0 Å². The Labute approximate surface area is 132 Å². The lowest BCUT2D eigenvalue weighted by Crippen LogP contribution is -2.35. The summed E-state index contributed by atoms with van der Waals surface area (Å²) < 4.78 is 6.03. The van der Waals surface area contributed by atoms with Crippen LogP contribution >= 0.6 is 15.9 Å². The molecule has 1 amide bonds. The van der Waals surface area contributed by atoms with Crippen LogP contribution in [0.5, 0.6) is 0 Å². The van der Waals surface area contributed by atoms with Gasteiger partial charge in [-0.15, -0.1) is 0 Å². The van der Waals surface area contributed by atoms with E-state index in [-0.39, 0.29) is 6.42 Å². The summed E-state index contributed by atoms with van der Waals surface area (Å²) in [5, 5.41) is 11.6. The van der Waals surface area contributed by atoms with Crippen LogP contribution in [0, 0.1) is 6.92 Å². The smallest absolute Gasteiger partial charge is 0.408 e. The molecule has 1 aromatic carbocycles. The Bertz CT molecular complexity index is 537. The number of aryl methyl sites for hydroxylation is 1. The average molecular weight is 358 g/mol. The van der Waals surface area contributed by atoms with Gasteiger partial charge in [0.1, 0.15) is 5.60 Å². The zero-order chi connectivity index (χ0) is 16.2. The number of aliphatic carboxylic acids is 1. The lowest BCUT2D eigenvalue weighted by Gasteiger charge is -2.23. The highest BCUT2D eigenvalue weighted by Crippen LogP contribution is 2.24. The number of hydrogen-bond donors (Lipinski definition) is 2. The van der Waals surface area contributed by atoms with Gasteiger partial charge in [0.15, 0.2) is 0 Å². The highest BCUT2D eigenvalue weighted by Gasteiger charge is 2.22. The van der Waals surface area contributed by atoms with E-state index in [9.17, 15) is 9.59 Å². The first kappa shape index (κ1) is 17.5. The van der Waals surface area contributed by atoms with Gasteiger partial charge in [-0.1, -0.05) is 28.1 Å². The van der Waals surface area contributed by atoms with Crippen molar-refractivity contribution in [2.45, 2.75) is 45.8 Å². The number of nitrogens with one attached hydrogen (secondary N) is 1. The first-order chi connectivity index (χ1) is 9.58. The van der Waals surface area contributed by atoms with E-state index in [1.807, 2.05) is 13.0 Å². The molecule has 0 aliphatic carbocycles. The SMILES string of the molecule is Cc1ccc(C(CC(=O)O)NC(=O)OC(C)(C)C)cc1Br. The number of alkyl carbamates (subject to hydrolysis) is 1. The fourth-order valence-electron chi connectivity index (χ4n) is 1.70. The van der Waals surface area contributed by atoms with Gasteiger partial charge in [-0.2, -0.15) is 0 Å². The molecular formula is C15H20BrNO4. The molecule has 5 nitrogen and oxygen atoms in total. The Hall–Kier alpha value is -1.56. The highest BCUT2D eigenvalue weighted by atomic mass is 79.9. The molecule has 1 atom stereocenters. The minimum absolute atomic E-state index is 0.214. The van der Waals surface area contributed by atoms with Crippen LogP contribution < -0.4 is 5.32 Å². The normalized spacial score (nSPS) is 12.6. The molecule has 0 radical (unpaired) electrons. The topological polar surface area (TPSA) is 75.6 Å². The minimum atomic E-state index is -0.993. The second-order valence-electron chi connectivity index (χ2n) is 5.81. The molecule has 21 heavy (non-hydrogen) atoms. The molecule has 0 heterocycles. The Kier molecular flexibility index (Phi) is 5.78. The van der Waals surface area contributed by atoms with Crippen LogP contribution in [0.4, 0.5) is 4.79 Å². The largest absolute Gasteiger partial charge is 0.481 e.